The molecule has 160 valence electrons. The predicted molar refractivity (Wildman–Crippen MR) is 113 cm³/mol. The van der Waals surface area contributed by atoms with E-state index in [-0.39, 0.29) is 18.3 Å². The van der Waals surface area contributed by atoms with Crippen LogP contribution < -0.4 is 4.90 Å². The zero-order chi connectivity index (χ0) is 22.1. The maximum absolute atomic E-state index is 12.7. The molecule has 0 N–H and O–H groups in total. The van der Waals surface area contributed by atoms with E-state index in [4.69, 9.17) is 9.26 Å². The van der Waals surface area contributed by atoms with E-state index in [1.165, 1.54) is 0 Å². The molecule has 0 aliphatic carbocycles. The summed E-state index contributed by atoms with van der Waals surface area (Å²) in [7, 11) is 0. The fourth-order valence-corrected chi connectivity index (χ4v) is 3.87. The second kappa shape index (κ2) is 8.22. The van der Waals surface area contributed by atoms with Crippen molar-refractivity contribution in [3.63, 3.8) is 0 Å². The summed E-state index contributed by atoms with van der Waals surface area (Å²) in [5, 5.41) is 4.00. The lowest BCUT2D eigenvalue weighted by molar-refractivity contribution is -0.117. The van der Waals surface area contributed by atoms with E-state index in [2.05, 4.69) is 5.16 Å². The molecule has 1 amide bonds. The van der Waals surface area contributed by atoms with Gasteiger partial charge in [0, 0.05) is 41.7 Å². The van der Waals surface area contributed by atoms with Crippen LogP contribution in [0.3, 0.4) is 0 Å². The minimum atomic E-state index is -0.609. The predicted octanol–water partition coefficient (Wildman–Crippen LogP) is 3.56. The molecule has 31 heavy (non-hydrogen) atoms. The number of amides is 1. The maximum atomic E-state index is 12.7. The van der Waals surface area contributed by atoms with Gasteiger partial charge in [-0.15, -0.1) is 0 Å². The van der Waals surface area contributed by atoms with Crippen LogP contribution in [0.4, 0.5) is 5.69 Å². The molecule has 1 aliphatic heterocycles. The zero-order valence-corrected chi connectivity index (χ0v) is 17.7. The summed E-state index contributed by atoms with van der Waals surface area (Å²) in [5.41, 5.74) is 2.94. The molecule has 0 saturated carbocycles. The van der Waals surface area contributed by atoms with Crippen molar-refractivity contribution < 1.29 is 23.6 Å². The van der Waals surface area contributed by atoms with E-state index in [0.717, 1.165) is 12.1 Å². The van der Waals surface area contributed by atoms with Crippen LogP contribution in [0.5, 0.6) is 0 Å². The van der Waals surface area contributed by atoms with Crippen molar-refractivity contribution in [1.29, 1.82) is 0 Å². The SMILES string of the molecule is Cc1cc(-n2c(C)cc(C(=O)COC(=O)c3cccc(N4CCCC4=O)c3)c2C)no1. The Labute approximate surface area is 179 Å². The van der Waals surface area contributed by atoms with Crippen LogP contribution in [-0.4, -0.2) is 40.5 Å². The number of anilines is 1. The summed E-state index contributed by atoms with van der Waals surface area (Å²) >= 11 is 0. The molecular weight excluding hydrogens is 398 g/mol. The van der Waals surface area contributed by atoms with Crippen molar-refractivity contribution >= 4 is 23.3 Å². The molecule has 1 aliphatic rings. The number of esters is 1. The van der Waals surface area contributed by atoms with Crippen molar-refractivity contribution in [2.24, 2.45) is 0 Å². The van der Waals surface area contributed by atoms with Crippen molar-refractivity contribution in [1.82, 2.24) is 9.72 Å². The fraction of sp³-hybridized carbons (Fsp3) is 0.304. The molecule has 3 aromatic rings. The number of hydrogen-bond donors (Lipinski definition) is 0. The second-order valence-electron chi connectivity index (χ2n) is 7.61. The highest BCUT2D eigenvalue weighted by Gasteiger charge is 2.23. The molecule has 0 spiro atoms. The van der Waals surface area contributed by atoms with Gasteiger partial charge < -0.3 is 14.2 Å². The van der Waals surface area contributed by atoms with Gasteiger partial charge in [0.05, 0.1) is 5.56 Å². The monoisotopic (exact) mass is 421 g/mol. The van der Waals surface area contributed by atoms with Gasteiger partial charge >= 0.3 is 5.97 Å². The molecular formula is C23H23N3O5. The first-order valence-corrected chi connectivity index (χ1v) is 10.1. The van der Waals surface area contributed by atoms with Gasteiger partial charge in [0.2, 0.25) is 11.7 Å². The lowest BCUT2D eigenvalue weighted by Crippen LogP contribution is -2.24. The standard InChI is InChI=1S/C23H23N3O5/c1-14-10-19(16(3)26(14)21-11-15(2)31-24-21)20(27)13-30-23(29)17-6-4-7-18(12-17)25-9-5-8-22(25)28/h4,6-7,10-12H,5,8-9,13H2,1-3H3. The number of hydrogen-bond acceptors (Lipinski definition) is 6. The molecule has 4 rings (SSSR count). The maximum Gasteiger partial charge on any atom is 0.338 e. The highest BCUT2D eigenvalue weighted by molar-refractivity contribution is 6.01. The minimum absolute atomic E-state index is 0.0401. The number of aryl methyl sites for hydroxylation is 2. The molecule has 2 aromatic heterocycles. The van der Waals surface area contributed by atoms with Crippen LogP contribution in [-0.2, 0) is 9.53 Å². The molecule has 0 radical (unpaired) electrons. The molecule has 3 heterocycles. The zero-order valence-electron chi connectivity index (χ0n) is 17.7. The number of nitrogens with zero attached hydrogens (tertiary/aromatic N) is 3. The number of benzene rings is 1. The van der Waals surface area contributed by atoms with Gasteiger partial charge in [-0.05, 0) is 51.5 Å². The smallest absolute Gasteiger partial charge is 0.338 e. The van der Waals surface area contributed by atoms with Gasteiger partial charge in [-0.25, -0.2) is 4.79 Å². The van der Waals surface area contributed by atoms with Gasteiger partial charge in [0.25, 0.3) is 0 Å². The number of ketones is 1. The summed E-state index contributed by atoms with van der Waals surface area (Å²) in [5.74, 6) is 0.388. The van der Waals surface area contributed by atoms with Gasteiger partial charge in [0.15, 0.2) is 12.4 Å². The number of ether oxygens (including phenoxy) is 1. The summed E-state index contributed by atoms with van der Waals surface area (Å²) in [4.78, 5) is 38.8. The van der Waals surface area contributed by atoms with Crippen LogP contribution in [0.25, 0.3) is 5.82 Å². The Morgan fingerprint density at radius 2 is 1.97 bits per heavy atom. The third-order valence-corrected chi connectivity index (χ3v) is 5.38. The highest BCUT2D eigenvalue weighted by atomic mass is 16.5. The first-order chi connectivity index (χ1) is 14.8. The van der Waals surface area contributed by atoms with Crippen LogP contribution in [0, 0.1) is 20.8 Å². The Morgan fingerprint density at radius 1 is 1.16 bits per heavy atom. The molecule has 1 aromatic carbocycles. The number of carbonyl (C=O) groups excluding carboxylic acids is 3. The summed E-state index contributed by atoms with van der Waals surface area (Å²) in [6.07, 6.45) is 1.31. The van der Waals surface area contributed by atoms with Crippen molar-refractivity contribution in [3.8, 4) is 5.82 Å². The molecule has 0 bridgehead atoms. The fourth-order valence-electron chi connectivity index (χ4n) is 3.87. The Hall–Kier alpha value is -3.68. The second-order valence-corrected chi connectivity index (χ2v) is 7.61. The van der Waals surface area contributed by atoms with Gasteiger partial charge in [-0.3, -0.25) is 14.2 Å². The summed E-state index contributed by atoms with van der Waals surface area (Å²) in [6, 6.07) is 10.2. The van der Waals surface area contributed by atoms with Crippen LogP contribution in [0.1, 0.15) is 50.7 Å². The third-order valence-electron chi connectivity index (χ3n) is 5.38. The molecule has 0 unspecified atom stereocenters. The quantitative estimate of drug-likeness (QED) is 0.446. The molecule has 1 fully saturated rings. The van der Waals surface area contributed by atoms with Crippen molar-refractivity contribution in [2.45, 2.75) is 33.6 Å². The van der Waals surface area contributed by atoms with E-state index in [1.807, 2.05) is 18.4 Å². The summed E-state index contributed by atoms with van der Waals surface area (Å²) < 4.78 is 12.2. The van der Waals surface area contributed by atoms with E-state index >= 15 is 0 Å². The minimum Gasteiger partial charge on any atom is -0.454 e. The summed E-state index contributed by atoms with van der Waals surface area (Å²) in [6.45, 7) is 5.72. The Bertz CT molecular complexity index is 1170. The van der Waals surface area contributed by atoms with E-state index in [1.54, 1.807) is 48.2 Å². The van der Waals surface area contributed by atoms with Crippen molar-refractivity contribution in [2.75, 3.05) is 18.1 Å². The van der Waals surface area contributed by atoms with Crippen LogP contribution in [0.2, 0.25) is 0 Å². The van der Waals surface area contributed by atoms with Gasteiger partial charge in [0.1, 0.15) is 5.76 Å². The van der Waals surface area contributed by atoms with E-state index in [9.17, 15) is 14.4 Å². The largest absolute Gasteiger partial charge is 0.454 e. The van der Waals surface area contributed by atoms with Crippen LogP contribution >= 0.6 is 0 Å². The van der Waals surface area contributed by atoms with Crippen LogP contribution in [0.15, 0.2) is 40.9 Å². The average Bonchev–Trinajstić information content (AvgIpc) is 3.45. The molecule has 1 saturated heterocycles. The lowest BCUT2D eigenvalue weighted by Gasteiger charge is -2.16. The van der Waals surface area contributed by atoms with E-state index < -0.39 is 5.97 Å². The first-order valence-electron chi connectivity index (χ1n) is 10.1. The van der Waals surface area contributed by atoms with Crippen molar-refractivity contribution in [3.05, 3.63) is 64.7 Å². The number of Topliss-reactive ketones (excluding diaryl/α,β-unsaturated/α-hetero) is 1. The number of rotatable bonds is 6. The third kappa shape index (κ3) is 4.01. The molecule has 8 nitrogen and oxygen atoms in total. The van der Waals surface area contributed by atoms with Gasteiger partial charge in [-0.1, -0.05) is 11.2 Å². The molecule has 0 atom stereocenters. The number of carbonyl (C=O) groups is 3. The van der Waals surface area contributed by atoms with Gasteiger partial charge in [-0.2, -0.15) is 0 Å². The van der Waals surface area contributed by atoms with E-state index in [0.29, 0.717) is 47.1 Å². The normalized spacial score (nSPS) is 13.6. The Kier molecular flexibility index (Phi) is 5.46. The first kappa shape index (κ1) is 20.6. The average molecular weight is 421 g/mol. The Morgan fingerprint density at radius 3 is 2.65 bits per heavy atom. The highest BCUT2D eigenvalue weighted by Crippen LogP contribution is 2.23. The Balaban J connectivity index is 1.46. The lowest BCUT2D eigenvalue weighted by atomic mass is 10.1. The molecule has 8 heteroatoms. The topological polar surface area (TPSA) is 94.6 Å². The number of aromatic nitrogens is 2.